The smallest absolute Gasteiger partial charge is 0.268 e. The van der Waals surface area contributed by atoms with Crippen LogP contribution in [0.5, 0.6) is 11.5 Å². The summed E-state index contributed by atoms with van der Waals surface area (Å²) in [6, 6.07) is 6.09. The molecule has 0 radical (unpaired) electrons. The fourth-order valence-electron chi connectivity index (χ4n) is 2.15. The number of halogens is 1. The van der Waals surface area contributed by atoms with Crippen molar-refractivity contribution >= 4 is 17.5 Å². The summed E-state index contributed by atoms with van der Waals surface area (Å²) in [6.45, 7) is 1.87. The first-order chi connectivity index (χ1) is 9.86. The number of aromatic nitrogens is 1. The summed E-state index contributed by atoms with van der Waals surface area (Å²) in [6.07, 6.45) is 2.21. The zero-order valence-electron chi connectivity index (χ0n) is 11.8. The van der Waals surface area contributed by atoms with Gasteiger partial charge in [0.25, 0.3) is 5.91 Å². The van der Waals surface area contributed by atoms with Crippen molar-refractivity contribution in [2.45, 2.75) is 19.4 Å². The van der Waals surface area contributed by atoms with Crippen molar-refractivity contribution in [3.05, 3.63) is 46.7 Å². The van der Waals surface area contributed by atoms with Gasteiger partial charge in [0.2, 0.25) is 0 Å². The second-order valence-corrected chi connectivity index (χ2v) is 5.49. The summed E-state index contributed by atoms with van der Waals surface area (Å²) >= 11 is 5.86. The van der Waals surface area contributed by atoms with E-state index in [1.807, 2.05) is 6.92 Å². The molecule has 112 valence electrons. The lowest BCUT2D eigenvalue weighted by atomic mass is 10.1. The molecule has 2 aromatic rings. The zero-order valence-corrected chi connectivity index (χ0v) is 12.6. The van der Waals surface area contributed by atoms with Crippen molar-refractivity contribution < 1.29 is 15.0 Å². The van der Waals surface area contributed by atoms with E-state index in [-0.39, 0.29) is 23.4 Å². The van der Waals surface area contributed by atoms with E-state index in [1.165, 1.54) is 12.1 Å². The minimum Gasteiger partial charge on any atom is -0.504 e. The summed E-state index contributed by atoms with van der Waals surface area (Å²) < 4.78 is 1.66. The first-order valence-electron chi connectivity index (χ1n) is 6.50. The minimum atomic E-state index is -0.208. The van der Waals surface area contributed by atoms with Gasteiger partial charge in [0.05, 0.1) is 5.02 Å². The summed E-state index contributed by atoms with van der Waals surface area (Å²) in [5.74, 6) is -0.533. The Balaban J connectivity index is 2.01. The van der Waals surface area contributed by atoms with Crippen LogP contribution in [0.1, 0.15) is 23.0 Å². The van der Waals surface area contributed by atoms with Gasteiger partial charge in [-0.3, -0.25) is 4.79 Å². The van der Waals surface area contributed by atoms with Gasteiger partial charge in [-0.1, -0.05) is 17.7 Å². The molecule has 0 unspecified atom stereocenters. The van der Waals surface area contributed by atoms with E-state index in [0.717, 1.165) is 5.56 Å². The van der Waals surface area contributed by atoms with Crippen LogP contribution in [0.2, 0.25) is 5.02 Å². The van der Waals surface area contributed by atoms with E-state index in [9.17, 15) is 15.0 Å². The molecule has 0 saturated carbocycles. The highest BCUT2D eigenvalue weighted by atomic mass is 35.5. The van der Waals surface area contributed by atoms with Crippen LogP contribution in [0.3, 0.4) is 0 Å². The highest BCUT2D eigenvalue weighted by Crippen LogP contribution is 2.25. The second kappa shape index (κ2) is 6.10. The maximum atomic E-state index is 12.1. The Kier molecular flexibility index (Phi) is 4.43. The molecule has 1 aromatic carbocycles. The average molecular weight is 309 g/mol. The van der Waals surface area contributed by atoms with Crippen LogP contribution >= 0.6 is 11.6 Å². The van der Waals surface area contributed by atoms with Crippen LogP contribution in [0.25, 0.3) is 0 Å². The number of carbonyl (C=O) groups excluding carboxylic acids is 1. The van der Waals surface area contributed by atoms with Crippen molar-refractivity contribution in [2.75, 3.05) is 0 Å². The summed E-state index contributed by atoms with van der Waals surface area (Å²) in [4.78, 5) is 12.1. The number of rotatable bonds is 4. The molecule has 1 heterocycles. The summed E-state index contributed by atoms with van der Waals surface area (Å²) in [5.41, 5.74) is 1.31. The third-order valence-electron chi connectivity index (χ3n) is 3.16. The van der Waals surface area contributed by atoms with E-state index in [0.29, 0.717) is 17.1 Å². The van der Waals surface area contributed by atoms with Crippen LogP contribution in [0, 0.1) is 0 Å². The number of phenolic OH excluding ortho intramolecular Hbond substituents is 2. The number of benzene rings is 1. The van der Waals surface area contributed by atoms with Crippen molar-refractivity contribution in [1.82, 2.24) is 9.88 Å². The van der Waals surface area contributed by atoms with Crippen molar-refractivity contribution in [3.63, 3.8) is 0 Å². The first-order valence-corrected chi connectivity index (χ1v) is 6.88. The highest BCUT2D eigenvalue weighted by Gasteiger charge is 2.14. The molecule has 3 N–H and O–H groups in total. The number of carbonyl (C=O) groups is 1. The summed E-state index contributed by atoms with van der Waals surface area (Å²) in [7, 11) is 1.75. The van der Waals surface area contributed by atoms with Gasteiger partial charge in [-0.25, -0.2) is 0 Å². The van der Waals surface area contributed by atoms with E-state index >= 15 is 0 Å². The average Bonchev–Trinajstić information content (AvgIpc) is 2.73. The van der Waals surface area contributed by atoms with E-state index in [2.05, 4.69) is 5.32 Å². The molecule has 0 fully saturated rings. The molecule has 0 aliphatic rings. The van der Waals surface area contributed by atoms with Crippen molar-refractivity contribution in [1.29, 1.82) is 0 Å². The molecule has 5 nitrogen and oxygen atoms in total. The first kappa shape index (κ1) is 15.3. The Hall–Kier alpha value is -2.14. The Morgan fingerprint density at radius 2 is 2.05 bits per heavy atom. The van der Waals surface area contributed by atoms with Crippen LogP contribution in [0.15, 0.2) is 30.5 Å². The molecule has 2 rings (SSSR count). The quantitative estimate of drug-likeness (QED) is 0.760. The maximum absolute atomic E-state index is 12.1. The molecule has 1 aromatic heterocycles. The van der Waals surface area contributed by atoms with Gasteiger partial charge in [0, 0.05) is 19.3 Å². The number of nitrogens with zero attached hydrogens (tertiary/aromatic N) is 1. The normalized spacial score (nSPS) is 12.1. The van der Waals surface area contributed by atoms with Gasteiger partial charge in [-0.15, -0.1) is 0 Å². The number of hydrogen-bond acceptors (Lipinski definition) is 3. The molecule has 0 saturated heterocycles. The number of hydrogen-bond donors (Lipinski definition) is 3. The third-order valence-corrected chi connectivity index (χ3v) is 3.37. The molecule has 0 aliphatic carbocycles. The van der Waals surface area contributed by atoms with Gasteiger partial charge >= 0.3 is 0 Å². The molecular formula is C15H17ClN2O3. The molecule has 0 bridgehead atoms. The Morgan fingerprint density at radius 3 is 2.62 bits per heavy atom. The minimum absolute atomic E-state index is 0.130. The molecule has 6 heteroatoms. The lowest BCUT2D eigenvalue weighted by Crippen LogP contribution is -2.35. The Labute approximate surface area is 127 Å². The number of aryl methyl sites for hydroxylation is 1. The van der Waals surface area contributed by atoms with E-state index in [1.54, 1.807) is 29.9 Å². The lowest BCUT2D eigenvalue weighted by Gasteiger charge is -2.14. The fraction of sp³-hybridized carbons (Fsp3) is 0.267. The van der Waals surface area contributed by atoms with Crippen LogP contribution in [-0.2, 0) is 13.5 Å². The van der Waals surface area contributed by atoms with Crippen LogP contribution < -0.4 is 5.32 Å². The SMILES string of the molecule is C[C@H](Cc1ccc(O)c(O)c1)NC(=O)c1cc(Cl)cn1C. The zero-order chi connectivity index (χ0) is 15.6. The molecule has 21 heavy (non-hydrogen) atoms. The largest absolute Gasteiger partial charge is 0.504 e. The lowest BCUT2D eigenvalue weighted by molar-refractivity contribution is 0.0932. The van der Waals surface area contributed by atoms with Crippen molar-refractivity contribution in [3.8, 4) is 11.5 Å². The predicted molar refractivity (Wildman–Crippen MR) is 80.8 cm³/mol. The standard InChI is InChI=1S/C15H17ClN2O3/c1-9(5-10-3-4-13(19)14(20)6-10)17-15(21)12-7-11(16)8-18(12)2/h3-4,6-9,19-20H,5H2,1-2H3,(H,17,21)/t9-/m1/s1. The predicted octanol–water partition coefficient (Wildman–Crippen LogP) is 2.45. The molecular weight excluding hydrogens is 292 g/mol. The summed E-state index contributed by atoms with van der Waals surface area (Å²) in [5, 5.41) is 22.1. The topological polar surface area (TPSA) is 74.5 Å². The molecule has 1 amide bonds. The van der Waals surface area contributed by atoms with Gasteiger partial charge < -0.3 is 20.1 Å². The number of aromatic hydroxyl groups is 2. The van der Waals surface area contributed by atoms with Crippen LogP contribution in [0.4, 0.5) is 0 Å². The maximum Gasteiger partial charge on any atom is 0.268 e. The Bertz CT molecular complexity index is 667. The highest BCUT2D eigenvalue weighted by molar-refractivity contribution is 6.31. The third kappa shape index (κ3) is 3.70. The van der Waals surface area contributed by atoms with Crippen LogP contribution in [-0.4, -0.2) is 26.7 Å². The van der Waals surface area contributed by atoms with Gasteiger partial charge in [0.15, 0.2) is 11.5 Å². The van der Waals surface area contributed by atoms with Gasteiger partial charge in [-0.05, 0) is 37.1 Å². The fourth-order valence-corrected chi connectivity index (χ4v) is 2.40. The van der Waals surface area contributed by atoms with Gasteiger partial charge in [-0.2, -0.15) is 0 Å². The van der Waals surface area contributed by atoms with E-state index in [4.69, 9.17) is 11.6 Å². The number of phenols is 2. The van der Waals surface area contributed by atoms with E-state index < -0.39 is 0 Å². The van der Waals surface area contributed by atoms with Crippen molar-refractivity contribution in [2.24, 2.45) is 7.05 Å². The monoisotopic (exact) mass is 308 g/mol. The molecule has 0 aliphatic heterocycles. The molecule has 1 atom stereocenters. The number of nitrogens with one attached hydrogen (secondary N) is 1. The Morgan fingerprint density at radius 1 is 1.33 bits per heavy atom. The second-order valence-electron chi connectivity index (χ2n) is 5.06. The molecule has 0 spiro atoms. The number of amides is 1. The van der Waals surface area contributed by atoms with Gasteiger partial charge in [0.1, 0.15) is 5.69 Å².